The molecule has 1 aliphatic heterocycles. The number of amides is 1. The van der Waals surface area contributed by atoms with Gasteiger partial charge in [0.2, 0.25) is 5.91 Å². The Morgan fingerprint density at radius 1 is 1.41 bits per heavy atom. The lowest BCUT2D eigenvalue weighted by molar-refractivity contribution is -0.157. The van der Waals surface area contributed by atoms with Gasteiger partial charge >= 0.3 is 5.97 Å². The predicted octanol–water partition coefficient (Wildman–Crippen LogP) is 2.41. The predicted molar refractivity (Wildman–Crippen MR) is 75.9 cm³/mol. The van der Waals surface area contributed by atoms with Crippen molar-refractivity contribution in [3.05, 3.63) is 29.6 Å². The largest absolute Gasteiger partial charge is 0.490 e. The van der Waals surface area contributed by atoms with Crippen LogP contribution < -0.4 is 10.1 Å². The average Bonchev–Trinajstić information content (AvgIpc) is 2.44. The molecule has 118 valence electrons. The number of ether oxygens (including phenoxy) is 1. The molecule has 1 amide bonds. The fourth-order valence-corrected chi connectivity index (χ4v) is 3.16. The summed E-state index contributed by atoms with van der Waals surface area (Å²) in [6.07, 6.45) is 2.43. The van der Waals surface area contributed by atoms with Crippen molar-refractivity contribution in [3.8, 4) is 5.75 Å². The molecule has 1 atom stereocenters. The van der Waals surface area contributed by atoms with Gasteiger partial charge in [0.15, 0.2) is 11.6 Å². The molecule has 0 unspecified atom stereocenters. The summed E-state index contributed by atoms with van der Waals surface area (Å²) < 4.78 is 19.0. The van der Waals surface area contributed by atoms with Gasteiger partial charge in [-0.05, 0) is 18.9 Å². The van der Waals surface area contributed by atoms with Crippen LogP contribution in [0.25, 0.3) is 0 Å². The maximum absolute atomic E-state index is 13.7. The second-order valence-corrected chi connectivity index (χ2v) is 6.03. The number of hydrogen-bond donors (Lipinski definition) is 2. The number of nitrogens with one attached hydrogen (secondary N) is 1. The minimum Gasteiger partial charge on any atom is -0.490 e. The molecule has 2 N–H and O–H groups in total. The summed E-state index contributed by atoms with van der Waals surface area (Å²) in [5.74, 6) is -1.48. The molecule has 1 fully saturated rings. The molecule has 1 aromatic carbocycles. The number of carboxylic acids is 1. The van der Waals surface area contributed by atoms with Crippen LogP contribution in [0, 0.1) is 11.2 Å². The molecule has 2 aliphatic rings. The lowest BCUT2D eigenvalue weighted by Gasteiger charge is -2.37. The van der Waals surface area contributed by atoms with Gasteiger partial charge in [-0.25, -0.2) is 4.39 Å². The number of hydrogen-bond acceptors (Lipinski definition) is 3. The number of aliphatic carboxylic acids is 1. The van der Waals surface area contributed by atoms with E-state index in [1.807, 2.05) is 0 Å². The summed E-state index contributed by atoms with van der Waals surface area (Å²) in [5, 5.41) is 12.1. The zero-order chi connectivity index (χ0) is 15.7. The molecule has 1 saturated carbocycles. The Bertz CT molecular complexity index is 612. The molecule has 0 radical (unpaired) electrons. The summed E-state index contributed by atoms with van der Waals surface area (Å²) in [7, 11) is 0. The molecular weight excluding hydrogens is 289 g/mol. The van der Waals surface area contributed by atoms with Gasteiger partial charge in [-0.15, -0.1) is 0 Å². The third kappa shape index (κ3) is 2.53. The third-order valence-electron chi connectivity index (χ3n) is 4.62. The number of fused-ring (bicyclic) bond motifs is 1. The highest BCUT2D eigenvalue weighted by molar-refractivity contribution is 5.85. The minimum absolute atomic E-state index is 0.0235. The van der Waals surface area contributed by atoms with Crippen LogP contribution in [0.5, 0.6) is 5.75 Å². The molecule has 0 bridgehead atoms. The molecule has 22 heavy (non-hydrogen) atoms. The fraction of sp³-hybridized carbons (Fsp3) is 0.500. The van der Waals surface area contributed by atoms with Gasteiger partial charge in [-0.3, -0.25) is 9.59 Å². The summed E-state index contributed by atoms with van der Waals surface area (Å²) in [6.45, 7) is 0.322. The monoisotopic (exact) mass is 307 g/mol. The standard InChI is InChI=1S/C16H18FNO4/c17-11-4-1-3-10-12(5-8-22-14(10)11)18-13(19)9-16(15(20)21)6-2-7-16/h1,3-4,12H,2,5-9H2,(H,18,19)(H,20,21)/t12-/m0/s1. The lowest BCUT2D eigenvalue weighted by Crippen LogP contribution is -2.43. The Morgan fingerprint density at radius 3 is 2.82 bits per heavy atom. The molecule has 1 heterocycles. The SMILES string of the molecule is O=C(CC1(C(=O)O)CCC1)N[C@H]1CCOc2c(F)cccc21. The maximum Gasteiger partial charge on any atom is 0.310 e. The van der Waals surface area contributed by atoms with E-state index in [1.165, 1.54) is 6.07 Å². The number of carboxylic acid groups (broad SMARTS) is 1. The van der Waals surface area contributed by atoms with Crippen LogP contribution in [0.4, 0.5) is 4.39 Å². The van der Waals surface area contributed by atoms with Crippen LogP contribution in [-0.2, 0) is 9.59 Å². The Labute approximate surface area is 127 Å². The number of carbonyl (C=O) groups excluding carboxylic acids is 1. The lowest BCUT2D eigenvalue weighted by atomic mass is 9.66. The Balaban J connectivity index is 1.71. The topological polar surface area (TPSA) is 75.6 Å². The fourth-order valence-electron chi connectivity index (χ4n) is 3.16. The number of rotatable bonds is 4. The van der Waals surface area contributed by atoms with Gasteiger partial charge in [0.05, 0.1) is 18.1 Å². The van der Waals surface area contributed by atoms with E-state index in [2.05, 4.69) is 5.32 Å². The first-order valence-corrected chi connectivity index (χ1v) is 7.46. The molecular formula is C16H18FNO4. The van der Waals surface area contributed by atoms with Crippen molar-refractivity contribution in [1.82, 2.24) is 5.32 Å². The highest BCUT2D eigenvalue weighted by atomic mass is 19.1. The van der Waals surface area contributed by atoms with Crippen LogP contribution >= 0.6 is 0 Å². The van der Waals surface area contributed by atoms with Crippen LogP contribution in [0.1, 0.15) is 43.7 Å². The van der Waals surface area contributed by atoms with Crippen molar-refractivity contribution < 1.29 is 23.8 Å². The van der Waals surface area contributed by atoms with Gasteiger partial charge in [0, 0.05) is 18.4 Å². The molecule has 0 spiro atoms. The minimum atomic E-state index is -0.917. The van der Waals surface area contributed by atoms with Gasteiger partial charge in [0.25, 0.3) is 0 Å². The van der Waals surface area contributed by atoms with Crippen LogP contribution in [0.2, 0.25) is 0 Å². The quantitative estimate of drug-likeness (QED) is 0.895. The van der Waals surface area contributed by atoms with Crippen LogP contribution in [0.3, 0.4) is 0 Å². The summed E-state index contributed by atoms with van der Waals surface area (Å²) in [6, 6.07) is 4.28. The molecule has 3 rings (SSSR count). The van der Waals surface area contributed by atoms with Gasteiger partial charge < -0.3 is 15.2 Å². The highest BCUT2D eigenvalue weighted by Crippen LogP contribution is 2.44. The summed E-state index contributed by atoms with van der Waals surface area (Å²) in [4.78, 5) is 23.5. The first-order valence-electron chi connectivity index (χ1n) is 7.46. The number of carbonyl (C=O) groups is 2. The number of benzene rings is 1. The van der Waals surface area contributed by atoms with E-state index >= 15 is 0 Å². The van der Waals surface area contributed by atoms with Gasteiger partial charge in [-0.1, -0.05) is 18.6 Å². The maximum atomic E-state index is 13.7. The van der Waals surface area contributed by atoms with E-state index in [1.54, 1.807) is 12.1 Å². The van der Waals surface area contributed by atoms with E-state index < -0.39 is 17.2 Å². The van der Waals surface area contributed by atoms with Crippen LogP contribution in [-0.4, -0.2) is 23.6 Å². The van der Waals surface area contributed by atoms with Crippen molar-refractivity contribution in [2.24, 2.45) is 5.41 Å². The van der Waals surface area contributed by atoms with Crippen molar-refractivity contribution in [2.75, 3.05) is 6.61 Å². The molecule has 0 saturated heterocycles. The van der Waals surface area contributed by atoms with E-state index in [0.717, 1.165) is 6.42 Å². The van der Waals surface area contributed by atoms with E-state index in [-0.39, 0.29) is 24.1 Å². The second-order valence-electron chi connectivity index (χ2n) is 6.03. The normalized spacial score (nSPS) is 22.0. The average molecular weight is 307 g/mol. The van der Waals surface area contributed by atoms with Gasteiger partial charge in [0.1, 0.15) is 0 Å². The van der Waals surface area contributed by atoms with Gasteiger partial charge in [-0.2, -0.15) is 0 Å². The zero-order valence-electron chi connectivity index (χ0n) is 12.1. The van der Waals surface area contributed by atoms with Crippen molar-refractivity contribution >= 4 is 11.9 Å². The molecule has 1 aliphatic carbocycles. The van der Waals surface area contributed by atoms with Crippen molar-refractivity contribution in [3.63, 3.8) is 0 Å². The Kier molecular flexibility index (Phi) is 3.76. The summed E-state index contributed by atoms with van der Waals surface area (Å²) in [5.41, 5.74) is -0.308. The molecule has 5 nitrogen and oxygen atoms in total. The van der Waals surface area contributed by atoms with E-state index in [9.17, 15) is 19.1 Å². The van der Waals surface area contributed by atoms with Crippen molar-refractivity contribution in [2.45, 2.75) is 38.1 Å². The molecule has 6 heteroatoms. The Morgan fingerprint density at radius 2 is 2.18 bits per heavy atom. The highest BCUT2D eigenvalue weighted by Gasteiger charge is 2.46. The number of para-hydroxylation sites is 1. The Hall–Kier alpha value is -2.11. The van der Waals surface area contributed by atoms with Crippen LogP contribution in [0.15, 0.2) is 18.2 Å². The number of halogens is 1. The summed E-state index contributed by atoms with van der Waals surface area (Å²) >= 11 is 0. The first-order chi connectivity index (χ1) is 10.5. The van der Waals surface area contributed by atoms with Crippen molar-refractivity contribution in [1.29, 1.82) is 0 Å². The third-order valence-corrected chi connectivity index (χ3v) is 4.62. The van der Waals surface area contributed by atoms with E-state index in [0.29, 0.717) is 31.4 Å². The van der Waals surface area contributed by atoms with E-state index in [4.69, 9.17) is 4.74 Å². The smallest absolute Gasteiger partial charge is 0.310 e. The second kappa shape index (κ2) is 5.59. The first kappa shape index (κ1) is 14.8. The molecule has 0 aromatic heterocycles. The molecule has 1 aromatic rings. The zero-order valence-corrected chi connectivity index (χ0v) is 12.1.